The molecule has 24 heavy (non-hydrogen) atoms. The van der Waals surface area contributed by atoms with E-state index in [2.05, 4.69) is 66.7 Å². The maximum absolute atomic E-state index is 9.23. The predicted octanol–water partition coefficient (Wildman–Crippen LogP) is 4.87. The maximum atomic E-state index is 9.23. The molecule has 0 unspecified atom stereocenters. The first-order valence-corrected chi connectivity index (χ1v) is 8.43. The summed E-state index contributed by atoms with van der Waals surface area (Å²) in [6.45, 7) is 0.0858. The number of aliphatic hydroxyl groups is 1. The quantitative estimate of drug-likeness (QED) is 0.716. The van der Waals surface area contributed by atoms with Crippen molar-refractivity contribution in [1.82, 2.24) is 0 Å². The highest BCUT2D eigenvalue weighted by molar-refractivity contribution is 5.94. The van der Waals surface area contributed by atoms with E-state index in [9.17, 15) is 5.11 Å². The van der Waals surface area contributed by atoms with Gasteiger partial charge in [0.05, 0.1) is 6.61 Å². The number of aryl methyl sites for hydroxylation is 2. The third-order valence-electron chi connectivity index (χ3n) is 4.75. The molecule has 118 valence electrons. The Bertz CT molecular complexity index is 838. The van der Waals surface area contributed by atoms with Gasteiger partial charge in [0.1, 0.15) is 0 Å². The lowest BCUT2D eigenvalue weighted by Crippen LogP contribution is -1.92. The Morgan fingerprint density at radius 3 is 1.79 bits per heavy atom. The molecular weight excluding hydrogens is 292 g/mol. The fourth-order valence-corrected chi connectivity index (χ4v) is 3.46. The van der Waals surface area contributed by atoms with Crippen molar-refractivity contribution in [3.63, 3.8) is 0 Å². The van der Waals surface area contributed by atoms with Gasteiger partial charge in [-0.1, -0.05) is 72.8 Å². The van der Waals surface area contributed by atoms with Crippen LogP contribution in [0.3, 0.4) is 0 Å². The van der Waals surface area contributed by atoms with E-state index >= 15 is 0 Å². The first-order valence-electron chi connectivity index (χ1n) is 8.43. The van der Waals surface area contributed by atoms with E-state index < -0.39 is 0 Å². The van der Waals surface area contributed by atoms with E-state index in [0.29, 0.717) is 0 Å². The molecule has 4 rings (SSSR count). The van der Waals surface area contributed by atoms with E-state index in [-0.39, 0.29) is 6.61 Å². The number of hydrogen-bond acceptors (Lipinski definition) is 1. The molecule has 0 atom stereocenters. The third-order valence-corrected chi connectivity index (χ3v) is 4.75. The minimum absolute atomic E-state index is 0.0858. The SMILES string of the molecule is OCc1ccc(C=C2c3ccccc3CCc3ccccc32)cc1. The number of benzene rings is 3. The van der Waals surface area contributed by atoms with E-state index in [4.69, 9.17) is 0 Å². The highest BCUT2D eigenvalue weighted by Crippen LogP contribution is 2.34. The van der Waals surface area contributed by atoms with Crippen molar-refractivity contribution in [2.24, 2.45) is 0 Å². The van der Waals surface area contributed by atoms with Gasteiger partial charge in [-0.15, -0.1) is 0 Å². The molecule has 0 spiro atoms. The summed E-state index contributed by atoms with van der Waals surface area (Å²) >= 11 is 0. The van der Waals surface area contributed by atoms with E-state index in [1.807, 2.05) is 12.1 Å². The minimum atomic E-state index is 0.0858. The summed E-state index contributed by atoms with van der Waals surface area (Å²) in [6.07, 6.45) is 4.42. The normalized spacial score (nSPS) is 13.0. The van der Waals surface area contributed by atoms with Gasteiger partial charge in [0, 0.05) is 0 Å². The first kappa shape index (κ1) is 14.9. The summed E-state index contributed by atoms with van der Waals surface area (Å²) in [5.41, 5.74) is 8.86. The van der Waals surface area contributed by atoms with Crippen LogP contribution in [0.25, 0.3) is 11.6 Å². The number of hydrogen-bond donors (Lipinski definition) is 1. The van der Waals surface area contributed by atoms with Crippen molar-refractivity contribution in [1.29, 1.82) is 0 Å². The molecule has 1 nitrogen and oxygen atoms in total. The molecule has 3 aromatic rings. The zero-order valence-corrected chi connectivity index (χ0v) is 13.6. The maximum Gasteiger partial charge on any atom is 0.0681 e. The fourth-order valence-electron chi connectivity index (χ4n) is 3.46. The molecule has 0 amide bonds. The monoisotopic (exact) mass is 312 g/mol. The second-order valence-corrected chi connectivity index (χ2v) is 6.27. The summed E-state index contributed by atoms with van der Waals surface area (Å²) in [6, 6.07) is 25.6. The molecule has 0 radical (unpaired) electrons. The second kappa shape index (κ2) is 6.46. The lowest BCUT2D eigenvalue weighted by Gasteiger charge is -2.12. The molecule has 1 aliphatic rings. The van der Waals surface area contributed by atoms with E-state index in [0.717, 1.165) is 24.0 Å². The van der Waals surface area contributed by atoms with Crippen LogP contribution in [0.4, 0.5) is 0 Å². The van der Waals surface area contributed by atoms with Crippen LogP contribution in [0.15, 0.2) is 72.8 Å². The topological polar surface area (TPSA) is 20.2 Å². The van der Waals surface area contributed by atoms with Crippen LogP contribution in [0.5, 0.6) is 0 Å². The highest BCUT2D eigenvalue weighted by Gasteiger charge is 2.17. The molecular formula is C23H20O. The van der Waals surface area contributed by atoms with Gasteiger partial charge < -0.3 is 5.11 Å². The van der Waals surface area contributed by atoms with Crippen molar-refractivity contribution < 1.29 is 5.11 Å². The van der Waals surface area contributed by atoms with Crippen molar-refractivity contribution >= 4 is 11.6 Å². The highest BCUT2D eigenvalue weighted by atomic mass is 16.3. The van der Waals surface area contributed by atoms with Crippen LogP contribution >= 0.6 is 0 Å². The average Bonchev–Trinajstić information content (AvgIpc) is 2.80. The smallest absolute Gasteiger partial charge is 0.0681 e. The van der Waals surface area contributed by atoms with Gasteiger partial charge in [-0.25, -0.2) is 0 Å². The largest absolute Gasteiger partial charge is 0.392 e. The molecule has 0 saturated carbocycles. The second-order valence-electron chi connectivity index (χ2n) is 6.27. The molecule has 0 aliphatic heterocycles. The molecule has 0 fully saturated rings. The van der Waals surface area contributed by atoms with Crippen molar-refractivity contribution in [3.05, 3.63) is 106 Å². The lowest BCUT2D eigenvalue weighted by molar-refractivity contribution is 0.282. The zero-order chi connectivity index (χ0) is 16.4. The minimum Gasteiger partial charge on any atom is -0.392 e. The van der Waals surface area contributed by atoms with Gasteiger partial charge in [-0.2, -0.15) is 0 Å². The summed E-state index contributed by atoms with van der Waals surface area (Å²) in [5, 5.41) is 9.23. The molecule has 0 saturated heterocycles. The Kier molecular flexibility index (Phi) is 4.02. The average molecular weight is 312 g/mol. The number of aliphatic hydroxyl groups excluding tert-OH is 1. The van der Waals surface area contributed by atoms with Crippen LogP contribution in [-0.4, -0.2) is 5.11 Å². The Morgan fingerprint density at radius 1 is 0.708 bits per heavy atom. The van der Waals surface area contributed by atoms with Crippen molar-refractivity contribution in [2.75, 3.05) is 0 Å². The van der Waals surface area contributed by atoms with Crippen LogP contribution in [-0.2, 0) is 19.4 Å². The van der Waals surface area contributed by atoms with Gasteiger partial charge in [0.25, 0.3) is 0 Å². The molecule has 1 N–H and O–H groups in total. The number of rotatable bonds is 2. The van der Waals surface area contributed by atoms with Gasteiger partial charge >= 0.3 is 0 Å². The first-order chi connectivity index (χ1) is 11.8. The van der Waals surface area contributed by atoms with Gasteiger partial charge in [0.15, 0.2) is 0 Å². The van der Waals surface area contributed by atoms with Crippen molar-refractivity contribution in [2.45, 2.75) is 19.4 Å². The van der Waals surface area contributed by atoms with Gasteiger partial charge in [-0.05, 0) is 57.9 Å². The van der Waals surface area contributed by atoms with Gasteiger partial charge in [0.2, 0.25) is 0 Å². The Balaban J connectivity index is 1.90. The van der Waals surface area contributed by atoms with Crippen LogP contribution in [0.1, 0.15) is 33.4 Å². The molecule has 0 heterocycles. The Morgan fingerprint density at radius 2 is 1.25 bits per heavy atom. The summed E-state index contributed by atoms with van der Waals surface area (Å²) in [4.78, 5) is 0. The molecule has 1 heteroatoms. The van der Waals surface area contributed by atoms with E-state index in [1.54, 1.807) is 0 Å². The zero-order valence-electron chi connectivity index (χ0n) is 13.6. The standard InChI is InChI=1S/C23H20O/c24-16-18-11-9-17(10-12-18)15-23-21-7-3-1-5-19(21)13-14-20-6-2-4-8-22(20)23/h1-12,15,24H,13-14,16H2. The summed E-state index contributed by atoms with van der Waals surface area (Å²) < 4.78 is 0. The molecule has 1 aliphatic carbocycles. The van der Waals surface area contributed by atoms with Crippen LogP contribution in [0, 0.1) is 0 Å². The third kappa shape index (κ3) is 2.79. The Labute approximate surface area is 142 Å². The predicted molar refractivity (Wildman–Crippen MR) is 99.6 cm³/mol. The lowest BCUT2D eigenvalue weighted by atomic mass is 9.92. The van der Waals surface area contributed by atoms with Gasteiger partial charge in [-0.3, -0.25) is 0 Å². The van der Waals surface area contributed by atoms with Crippen molar-refractivity contribution in [3.8, 4) is 0 Å². The summed E-state index contributed by atoms with van der Waals surface area (Å²) in [7, 11) is 0. The molecule has 3 aromatic carbocycles. The fraction of sp³-hybridized carbons (Fsp3) is 0.130. The van der Waals surface area contributed by atoms with E-state index in [1.165, 1.54) is 27.8 Å². The molecule has 0 bridgehead atoms. The Hall–Kier alpha value is -2.64. The molecule has 0 aromatic heterocycles. The van der Waals surface area contributed by atoms with Crippen LogP contribution in [0.2, 0.25) is 0 Å². The summed E-state index contributed by atoms with van der Waals surface area (Å²) in [5.74, 6) is 0. The number of fused-ring (bicyclic) bond motifs is 2. The van der Waals surface area contributed by atoms with Crippen LogP contribution < -0.4 is 0 Å².